The van der Waals surface area contributed by atoms with E-state index in [9.17, 15) is 19.2 Å². The Labute approximate surface area is 215 Å². The SMILES string of the molecule is Cl.O=C1CCC(N2C(=O)c3cccc(OCCOCCOCCOC4CCNCC4)c3C2=O)C(=O)N1. The molecule has 36 heavy (non-hydrogen) atoms. The molecule has 1 aromatic rings. The number of nitrogens with one attached hydrogen (secondary N) is 2. The molecule has 3 aliphatic heterocycles. The fraction of sp³-hybridized carbons (Fsp3) is 0.583. The molecular weight excluding hydrogens is 494 g/mol. The van der Waals surface area contributed by atoms with Gasteiger partial charge in [-0.25, -0.2) is 0 Å². The van der Waals surface area contributed by atoms with Crippen molar-refractivity contribution in [1.29, 1.82) is 0 Å². The minimum Gasteiger partial charge on any atom is -0.490 e. The summed E-state index contributed by atoms with van der Waals surface area (Å²) in [6.45, 7) is 4.35. The highest BCUT2D eigenvalue weighted by molar-refractivity contribution is 6.24. The van der Waals surface area contributed by atoms with Gasteiger partial charge in [-0.1, -0.05) is 6.07 Å². The molecule has 0 bridgehead atoms. The maximum atomic E-state index is 13.0. The molecule has 0 radical (unpaired) electrons. The van der Waals surface area contributed by atoms with Crippen molar-refractivity contribution in [2.24, 2.45) is 0 Å². The number of carbonyl (C=O) groups is 4. The molecule has 0 spiro atoms. The first-order valence-electron chi connectivity index (χ1n) is 12.0. The van der Waals surface area contributed by atoms with E-state index in [1.165, 1.54) is 6.07 Å². The van der Waals surface area contributed by atoms with Gasteiger partial charge >= 0.3 is 0 Å². The Balaban J connectivity index is 0.00000361. The second-order valence-electron chi connectivity index (χ2n) is 8.52. The van der Waals surface area contributed by atoms with E-state index < -0.39 is 29.7 Å². The van der Waals surface area contributed by atoms with Crippen molar-refractivity contribution >= 4 is 36.0 Å². The normalized spacial score (nSPS) is 20.2. The Morgan fingerprint density at radius 3 is 2.28 bits per heavy atom. The quantitative estimate of drug-likeness (QED) is 0.299. The number of halogens is 1. The van der Waals surface area contributed by atoms with Crippen molar-refractivity contribution in [2.45, 2.75) is 37.8 Å². The summed E-state index contributed by atoms with van der Waals surface area (Å²) >= 11 is 0. The zero-order chi connectivity index (χ0) is 24.6. The number of hydrogen-bond donors (Lipinski definition) is 2. The van der Waals surface area contributed by atoms with Crippen LogP contribution in [0.25, 0.3) is 0 Å². The van der Waals surface area contributed by atoms with Crippen LogP contribution in [-0.4, -0.2) is 93.4 Å². The van der Waals surface area contributed by atoms with Crippen LogP contribution in [0.4, 0.5) is 0 Å². The smallest absolute Gasteiger partial charge is 0.266 e. The Bertz CT molecular complexity index is 953. The molecule has 3 heterocycles. The van der Waals surface area contributed by atoms with Gasteiger partial charge in [-0.15, -0.1) is 12.4 Å². The molecule has 4 rings (SSSR count). The third kappa shape index (κ3) is 6.80. The molecule has 12 heteroatoms. The molecule has 198 valence electrons. The van der Waals surface area contributed by atoms with E-state index in [-0.39, 0.29) is 55.3 Å². The van der Waals surface area contributed by atoms with Crippen LogP contribution in [0.5, 0.6) is 5.75 Å². The topological polar surface area (TPSA) is 132 Å². The number of carbonyl (C=O) groups excluding carboxylic acids is 4. The lowest BCUT2D eigenvalue weighted by Gasteiger charge is -2.27. The molecule has 1 aromatic carbocycles. The van der Waals surface area contributed by atoms with Gasteiger partial charge in [0.15, 0.2) is 0 Å². The number of amides is 4. The third-order valence-corrected chi connectivity index (χ3v) is 6.15. The van der Waals surface area contributed by atoms with Gasteiger partial charge in [-0.3, -0.25) is 29.4 Å². The highest BCUT2D eigenvalue weighted by Gasteiger charge is 2.45. The first-order valence-corrected chi connectivity index (χ1v) is 12.0. The number of rotatable bonds is 12. The van der Waals surface area contributed by atoms with Crippen molar-refractivity contribution in [2.75, 3.05) is 52.7 Å². The van der Waals surface area contributed by atoms with Crippen molar-refractivity contribution < 1.29 is 38.1 Å². The lowest BCUT2D eigenvalue weighted by molar-refractivity contribution is -0.136. The highest BCUT2D eigenvalue weighted by atomic mass is 35.5. The molecule has 1 unspecified atom stereocenters. The van der Waals surface area contributed by atoms with Crippen molar-refractivity contribution in [3.05, 3.63) is 29.3 Å². The van der Waals surface area contributed by atoms with E-state index in [4.69, 9.17) is 18.9 Å². The average molecular weight is 526 g/mol. The maximum absolute atomic E-state index is 13.0. The predicted octanol–water partition coefficient (Wildman–Crippen LogP) is 0.690. The number of nitrogens with zero attached hydrogens (tertiary/aromatic N) is 1. The number of benzene rings is 1. The van der Waals surface area contributed by atoms with E-state index in [1.54, 1.807) is 12.1 Å². The van der Waals surface area contributed by atoms with E-state index in [0.29, 0.717) is 32.5 Å². The van der Waals surface area contributed by atoms with E-state index in [1.807, 2.05) is 0 Å². The van der Waals surface area contributed by atoms with Crippen LogP contribution in [0.15, 0.2) is 18.2 Å². The molecular formula is C24H32ClN3O8. The van der Waals surface area contributed by atoms with Gasteiger partial charge in [0.1, 0.15) is 18.4 Å². The van der Waals surface area contributed by atoms with Crippen LogP contribution >= 0.6 is 12.4 Å². The predicted molar refractivity (Wildman–Crippen MR) is 129 cm³/mol. The fourth-order valence-corrected chi connectivity index (χ4v) is 4.37. The average Bonchev–Trinajstić information content (AvgIpc) is 3.11. The third-order valence-electron chi connectivity index (χ3n) is 6.15. The van der Waals surface area contributed by atoms with Gasteiger partial charge in [-0.2, -0.15) is 0 Å². The van der Waals surface area contributed by atoms with Crippen LogP contribution in [0.1, 0.15) is 46.4 Å². The van der Waals surface area contributed by atoms with Crippen LogP contribution in [0.3, 0.4) is 0 Å². The second-order valence-corrected chi connectivity index (χ2v) is 8.52. The Hall–Kier alpha value is -2.57. The summed E-state index contributed by atoms with van der Waals surface area (Å²) in [5, 5.41) is 5.48. The van der Waals surface area contributed by atoms with Gasteiger partial charge in [0.25, 0.3) is 11.8 Å². The Kier molecular flexibility index (Phi) is 10.6. The van der Waals surface area contributed by atoms with Crippen molar-refractivity contribution in [1.82, 2.24) is 15.5 Å². The maximum Gasteiger partial charge on any atom is 0.266 e. The molecule has 4 amide bonds. The molecule has 11 nitrogen and oxygen atoms in total. The molecule has 2 fully saturated rings. The largest absolute Gasteiger partial charge is 0.490 e. The number of imide groups is 2. The Morgan fingerprint density at radius 1 is 0.861 bits per heavy atom. The van der Waals surface area contributed by atoms with E-state index >= 15 is 0 Å². The van der Waals surface area contributed by atoms with E-state index in [0.717, 1.165) is 30.8 Å². The molecule has 0 saturated carbocycles. The summed E-state index contributed by atoms with van der Waals surface area (Å²) in [4.78, 5) is 50.4. The number of ether oxygens (including phenoxy) is 4. The fourth-order valence-electron chi connectivity index (χ4n) is 4.37. The van der Waals surface area contributed by atoms with E-state index in [2.05, 4.69) is 10.6 Å². The molecule has 0 aliphatic carbocycles. The molecule has 1 atom stereocenters. The summed E-state index contributed by atoms with van der Waals surface area (Å²) in [5.41, 5.74) is 0.303. The number of hydrogen-bond acceptors (Lipinski definition) is 9. The van der Waals surface area contributed by atoms with Crippen LogP contribution in [0, 0.1) is 0 Å². The first-order chi connectivity index (χ1) is 17.1. The van der Waals surface area contributed by atoms with Gasteiger partial charge in [0.2, 0.25) is 11.8 Å². The second kappa shape index (κ2) is 13.7. The van der Waals surface area contributed by atoms with Crippen LogP contribution in [0.2, 0.25) is 0 Å². The molecule has 2 N–H and O–H groups in total. The molecule has 2 saturated heterocycles. The number of fused-ring (bicyclic) bond motifs is 1. The van der Waals surface area contributed by atoms with Crippen LogP contribution in [-0.2, 0) is 23.8 Å². The summed E-state index contributed by atoms with van der Waals surface area (Å²) in [7, 11) is 0. The first kappa shape index (κ1) is 28.0. The lowest BCUT2D eigenvalue weighted by atomic mass is 10.0. The van der Waals surface area contributed by atoms with Crippen LogP contribution < -0.4 is 15.4 Å². The monoisotopic (exact) mass is 525 g/mol. The van der Waals surface area contributed by atoms with Gasteiger partial charge in [0, 0.05) is 6.42 Å². The van der Waals surface area contributed by atoms with Gasteiger partial charge in [-0.05, 0) is 44.5 Å². The van der Waals surface area contributed by atoms with Crippen molar-refractivity contribution in [3.63, 3.8) is 0 Å². The van der Waals surface area contributed by atoms with Crippen molar-refractivity contribution in [3.8, 4) is 5.75 Å². The summed E-state index contributed by atoms with van der Waals surface area (Å²) in [6, 6.07) is 3.73. The lowest BCUT2D eigenvalue weighted by Crippen LogP contribution is -2.54. The summed E-state index contributed by atoms with van der Waals surface area (Å²) < 4.78 is 22.5. The van der Waals surface area contributed by atoms with Gasteiger partial charge in [0.05, 0.1) is 50.3 Å². The summed E-state index contributed by atoms with van der Waals surface area (Å²) in [5.74, 6) is -1.97. The Morgan fingerprint density at radius 2 is 1.56 bits per heavy atom. The molecule has 0 aromatic heterocycles. The minimum atomic E-state index is -1.01. The number of piperidine rings is 2. The standard InChI is InChI=1S/C24H31N3O8.ClH/c28-20-5-4-18(22(29)26-20)27-23(30)17-2-1-3-19(21(17)24(27)31)35-15-13-33-11-10-32-12-14-34-16-6-8-25-9-7-16;/h1-3,16,18,25H,4-15H2,(H,26,28,29);1H. The van der Waals surface area contributed by atoms with Gasteiger partial charge < -0.3 is 24.3 Å². The highest BCUT2D eigenvalue weighted by Crippen LogP contribution is 2.33. The molecule has 3 aliphatic rings. The zero-order valence-corrected chi connectivity index (χ0v) is 20.8. The summed E-state index contributed by atoms with van der Waals surface area (Å²) in [6.07, 6.45) is 2.54. The minimum absolute atomic E-state index is 0. The zero-order valence-electron chi connectivity index (χ0n) is 20.0.